The van der Waals surface area contributed by atoms with E-state index in [0.717, 1.165) is 5.56 Å². The number of aromatic nitrogens is 1. The summed E-state index contributed by atoms with van der Waals surface area (Å²) in [5, 5.41) is 0. The van der Waals surface area contributed by atoms with Crippen LogP contribution in [0.5, 0.6) is 0 Å². The molecule has 84 valence electrons. The molecule has 5 heteroatoms. The van der Waals surface area contributed by atoms with Gasteiger partial charge in [0, 0.05) is 18.4 Å². The predicted octanol–water partition coefficient (Wildman–Crippen LogP) is 1.75. The van der Waals surface area contributed by atoms with Gasteiger partial charge in [0.15, 0.2) is 0 Å². The van der Waals surface area contributed by atoms with Gasteiger partial charge in [-0.2, -0.15) is 0 Å². The van der Waals surface area contributed by atoms with Gasteiger partial charge in [-0.15, -0.1) is 0 Å². The Morgan fingerprint density at radius 3 is 2.47 bits per heavy atom. The second-order valence-corrected chi connectivity index (χ2v) is 3.28. The van der Waals surface area contributed by atoms with E-state index in [4.69, 9.17) is 10.5 Å². The molecule has 0 spiro atoms. The van der Waals surface area contributed by atoms with E-state index < -0.39 is 19.1 Å². The summed E-state index contributed by atoms with van der Waals surface area (Å²) < 4.78 is 29.0. The molecule has 0 radical (unpaired) electrons. The van der Waals surface area contributed by atoms with Crippen LogP contribution in [0.3, 0.4) is 0 Å². The first-order valence-corrected chi connectivity index (χ1v) is 4.66. The van der Waals surface area contributed by atoms with Crippen LogP contribution in [0.15, 0.2) is 24.5 Å². The number of halogens is 2. The minimum absolute atomic E-state index is 0.342. The number of hydrogen-bond donors (Lipinski definition) is 1. The van der Waals surface area contributed by atoms with Gasteiger partial charge in [-0.25, -0.2) is 8.78 Å². The molecule has 0 aromatic carbocycles. The molecule has 0 amide bonds. The first-order valence-electron chi connectivity index (χ1n) is 4.66. The van der Waals surface area contributed by atoms with E-state index in [9.17, 15) is 8.78 Å². The maximum absolute atomic E-state index is 12.0. The van der Waals surface area contributed by atoms with Gasteiger partial charge < -0.3 is 10.5 Å². The molecule has 2 atom stereocenters. The number of rotatable bonds is 5. The summed E-state index contributed by atoms with van der Waals surface area (Å²) in [6, 6.07) is 3.07. The maximum Gasteiger partial charge on any atom is 0.261 e. The summed E-state index contributed by atoms with van der Waals surface area (Å²) in [6.45, 7) is 1.12. The second-order valence-electron chi connectivity index (χ2n) is 3.28. The molecule has 1 aromatic rings. The topological polar surface area (TPSA) is 48.1 Å². The Hall–Kier alpha value is -1.07. The zero-order valence-corrected chi connectivity index (χ0v) is 8.44. The van der Waals surface area contributed by atoms with Gasteiger partial charge in [0.1, 0.15) is 6.61 Å². The Bertz CT molecular complexity index is 280. The van der Waals surface area contributed by atoms with Gasteiger partial charge >= 0.3 is 0 Å². The van der Waals surface area contributed by atoms with Crippen molar-refractivity contribution >= 4 is 0 Å². The highest BCUT2D eigenvalue weighted by atomic mass is 19.3. The number of nitrogens with zero attached hydrogens (tertiary/aromatic N) is 1. The molecule has 1 rings (SSSR count). The van der Waals surface area contributed by atoms with Crippen molar-refractivity contribution in [3.8, 4) is 0 Å². The number of nitrogens with two attached hydrogens (primary N) is 1. The van der Waals surface area contributed by atoms with Crippen molar-refractivity contribution in [2.75, 3.05) is 6.61 Å². The van der Waals surface area contributed by atoms with Crippen LogP contribution >= 0.6 is 0 Å². The van der Waals surface area contributed by atoms with Gasteiger partial charge in [0.2, 0.25) is 0 Å². The molecule has 1 heterocycles. The predicted molar refractivity (Wildman–Crippen MR) is 52.6 cm³/mol. The number of ether oxygens (including phenoxy) is 1. The lowest BCUT2D eigenvalue weighted by Gasteiger charge is -2.21. The molecular formula is C10H14F2N2O. The highest BCUT2D eigenvalue weighted by Crippen LogP contribution is 2.20. The quantitative estimate of drug-likeness (QED) is 0.815. The van der Waals surface area contributed by atoms with Crippen LogP contribution in [-0.2, 0) is 4.74 Å². The summed E-state index contributed by atoms with van der Waals surface area (Å²) in [4.78, 5) is 3.84. The van der Waals surface area contributed by atoms with Gasteiger partial charge in [-0.1, -0.05) is 0 Å². The van der Waals surface area contributed by atoms with E-state index in [0.29, 0.717) is 0 Å². The van der Waals surface area contributed by atoms with Crippen LogP contribution in [0.2, 0.25) is 0 Å². The Kier molecular flexibility index (Phi) is 4.58. The summed E-state index contributed by atoms with van der Waals surface area (Å²) in [5.41, 5.74) is 6.43. The first kappa shape index (κ1) is 12.0. The third kappa shape index (κ3) is 3.89. The lowest BCUT2D eigenvalue weighted by atomic mass is 10.1. The average molecular weight is 216 g/mol. The molecule has 2 unspecified atom stereocenters. The second kappa shape index (κ2) is 5.72. The number of pyridine rings is 1. The Morgan fingerprint density at radius 1 is 1.40 bits per heavy atom. The van der Waals surface area contributed by atoms with Crippen LogP contribution in [0.1, 0.15) is 18.6 Å². The molecule has 0 aliphatic carbocycles. The zero-order chi connectivity index (χ0) is 11.3. The minimum atomic E-state index is -2.48. The maximum atomic E-state index is 12.0. The fraction of sp³-hybridized carbons (Fsp3) is 0.500. The average Bonchev–Trinajstić information content (AvgIpc) is 2.18. The van der Waals surface area contributed by atoms with Crippen LogP contribution in [-0.4, -0.2) is 24.1 Å². The molecule has 3 nitrogen and oxygen atoms in total. The number of alkyl halides is 2. The highest BCUT2D eigenvalue weighted by molar-refractivity contribution is 5.14. The molecule has 0 aliphatic heterocycles. The first-order chi connectivity index (χ1) is 7.11. The van der Waals surface area contributed by atoms with Crippen LogP contribution in [0.25, 0.3) is 0 Å². The lowest BCUT2D eigenvalue weighted by Crippen LogP contribution is -2.28. The minimum Gasteiger partial charge on any atom is -0.366 e. The molecule has 2 N–H and O–H groups in total. The molecule has 0 aliphatic rings. The molecule has 1 aromatic heterocycles. The van der Waals surface area contributed by atoms with E-state index in [1.807, 2.05) is 0 Å². The van der Waals surface area contributed by atoms with Gasteiger partial charge in [-0.3, -0.25) is 4.98 Å². The Balaban J connectivity index is 2.66. The number of hydrogen-bond acceptors (Lipinski definition) is 3. The third-order valence-corrected chi connectivity index (χ3v) is 1.91. The molecule has 0 fully saturated rings. The van der Waals surface area contributed by atoms with Crippen molar-refractivity contribution < 1.29 is 13.5 Å². The van der Waals surface area contributed by atoms with Crippen LogP contribution in [0.4, 0.5) is 8.78 Å². The van der Waals surface area contributed by atoms with E-state index in [1.165, 1.54) is 0 Å². The van der Waals surface area contributed by atoms with Crippen LogP contribution < -0.4 is 5.73 Å². The van der Waals surface area contributed by atoms with E-state index in [1.54, 1.807) is 31.5 Å². The zero-order valence-electron chi connectivity index (χ0n) is 8.44. The lowest BCUT2D eigenvalue weighted by molar-refractivity contribution is -0.0326. The van der Waals surface area contributed by atoms with Crippen molar-refractivity contribution in [2.24, 2.45) is 5.73 Å². The smallest absolute Gasteiger partial charge is 0.261 e. The van der Waals surface area contributed by atoms with Gasteiger partial charge in [0.05, 0.1) is 6.10 Å². The summed E-state index contributed by atoms with van der Waals surface area (Å²) in [6.07, 6.45) is 0.169. The fourth-order valence-corrected chi connectivity index (χ4v) is 1.28. The van der Waals surface area contributed by atoms with Gasteiger partial charge in [0.25, 0.3) is 6.43 Å². The molecular weight excluding hydrogens is 202 g/mol. The largest absolute Gasteiger partial charge is 0.366 e. The molecule has 0 saturated carbocycles. The monoisotopic (exact) mass is 216 g/mol. The fourth-order valence-electron chi connectivity index (χ4n) is 1.28. The van der Waals surface area contributed by atoms with Crippen molar-refractivity contribution in [3.63, 3.8) is 0 Å². The van der Waals surface area contributed by atoms with E-state index in [2.05, 4.69) is 4.98 Å². The highest BCUT2D eigenvalue weighted by Gasteiger charge is 2.18. The summed E-state index contributed by atoms with van der Waals surface area (Å²) >= 11 is 0. The molecule has 0 bridgehead atoms. The van der Waals surface area contributed by atoms with E-state index >= 15 is 0 Å². The van der Waals surface area contributed by atoms with Crippen molar-refractivity contribution in [1.82, 2.24) is 4.98 Å². The normalized spacial score (nSPS) is 15.3. The van der Waals surface area contributed by atoms with Crippen LogP contribution in [0, 0.1) is 0 Å². The SMILES string of the molecule is CC(N)C(OCC(F)F)c1ccncc1. The van der Waals surface area contributed by atoms with E-state index in [-0.39, 0.29) is 6.04 Å². The molecule has 15 heavy (non-hydrogen) atoms. The summed E-state index contributed by atoms with van der Waals surface area (Å²) in [7, 11) is 0. The van der Waals surface area contributed by atoms with Gasteiger partial charge in [-0.05, 0) is 24.6 Å². The Labute approximate surface area is 87.3 Å². The van der Waals surface area contributed by atoms with Crippen molar-refractivity contribution in [2.45, 2.75) is 25.5 Å². The van der Waals surface area contributed by atoms with Crippen molar-refractivity contribution in [3.05, 3.63) is 30.1 Å². The molecule has 0 saturated heterocycles. The Morgan fingerprint density at radius 2 is 2.00 bits per heavy atom. The van der Waals surface area contributed by atoms with Crippen molar-refractivity contribution in [1.29, 1.82) is 0 Å². The summed E-state index contributed by atoms with van der Waals surface area (Å²) in [5.74, 6) is 0. The third-order valence-electron chi connectivity index (χ3n) is 1.91. The standard InChI is InChI=1S/C10H14F2N2O/c1-7(13)10(15-6-9(11)12)8-2-4-14-5-3-8/h2-5,7,9-10H,6,13H2,1H3.